The van der Waals surface area contributed by atoms with Crippen LogP contribution in [0.5, 0.6) is 0 Å². The van der Waals surface area contributed by atoms with Gasteiger partial charge in [0.15, 0.2) is 5.78 Å². The second-order valence-electron chi connectivity index (χ2n) is 5.91. The number of rotatable bonds is 4. The maximum Gasteiger partial charge on any atom is 0.408 e. The van der Waals surface area contributed by atoms with Crippen LogP contribution in [0.15, 0.2) is 54.6 Å². The Hall–Kier alpha value is -2.62. The van der Waals surface area contributed by atoms with Crippen LogP contribution in [0, 0.1) is 5.92 Å². The van der Waals surface area contributed by atoms with Crippen molar-refractivity contribution >= 4 is 11.9 Å². The van der Waals surface area contributed by atoms with Gasteiger partial charge in [0, 0.05) is 6.42 Å². The Morgan fingerprint density at radius 3 is 2.35 bits per heavy atom. The molecule has 0 unspecified atom stereocenters. The molecule has 0 bridgehead atoms. The molecular weight excluding hydrogens is 290 g/mol. The van der Waals surface area contributed by atoms with E-state index in [2.05, 4.69) is 17.4 Å². The van der Waals surface area contributed by atoms with Crippen molar-refractivity contribution < 1.29 is 14.3 Å². The molecule has 1 saturated carbocycles. The van der Waals surface area contributed by atoms with Gasteiger partial charge in [0.05, 0.1) is 6.04 Å². The summed E-state index contributed by atoms with van der Waals surface area (Å²) in [5.41, 5.74) is 3.18. The van der Waals surface area contributed by atoms with Gasteiger partial charge in [0.25, 0.3) is 0 Å². The number of ketones is 1. The standard InChI is InChI=1S/C19H19NO3/c1-13-11-17(21)18(13)20-19(22)23-12-14-7-9-16(10-8-14)15-5-3-2-4-6-15/h2-10,13,18H,11-12H2,1H3,(H,20,22)/t13-,18-/m1/s1. The predicted octanol–water partition coefficient (Wildman–Crippen LogP) is 3.56. The van der Waals surface area contributed by atoms with Crippen molar-refractivity contribution in [1.29, 1.82) is 0 Å². The van der Waals surface area contributed by atoms with Crippen LogP contribution in [0.3, 0.4) is 0 Å². The lowest BCUT2D eigenvalue weighted by Gasteiger charge is -2.32. The summed E-state index contributed by atoms with van der Waals surface area (Å²) in [6, 6.07) is 17.6. The summed E-state index contributed by atoms with van der Waals surface area (Å²) in [7, 11) is 0. The minimum Gasteiger partial charge on any atom is -0.445 e. The second kappa shape index (κ2) is 6.65. The molecule has 2 aromatic rings. The number of nitrogens with one attached hydrogen (secondary N) is 1. The Morgan fingerprint density at radius 2 is 1.74 bits per heavy atom. The fourth-order valence-corrected chi connectivity index (χ4v) is 2.68. The van der Waals surface area contributed by atoms with Gasteiger partial charge in [-0.3, -0.25) is 4.79 Å². The molecule has 0 saturated heterocycles. The predicted molar refractivity (Wildman–Crippen MR) is 87.8 cm³/mol. The first-order valence-electron chi connectivity index (χ1n) is 7.74. The van der Waals surface area contributed by atoms with E-state index in [0.29, 0.717) is 6.42 Å². The highest BCUT2D eigenvalue weighted by Gasteiger charge is 2.37. The summed E-state index contributed by atoms with van der Waals surface area (Å²) in [5.74, 6) is 0.266. The Kier molecular flexibility index (Phi) is 4.42. The SMILES string of the molecule is C[C@@H]1CC(=O)[C@@H]1NC(=O)OCc1ccc(-c2ccccc2)cc1. The first-order chi connectivity index (χ1) is 11.1. The van der Waals surface area contributed by atoms with Gasteiger partial charge in [0.2, 0.25) is 0 Å². The maximum atomic E-state index is 11.7. The Balaban J connectivity index is 1.52. The van der Waals surface area contributed by atoms with Crippen LogP contribution in [-0.4, -0.2) is 17.9 Å². The van der Waals surface area contributed by atoms with Crippen molar-refractivity contribution in [1.82, 2.24) is 5.32 Å². The summed E-state index contributed by atoms with van der Waals surface area (Å²) in [6.07, 6.45) is -0.00616. The third-order valence-electron chi connectivity index (χ3n) is 4.14. The van der Waals surface area contributed by atoms with Gasteiger partial charge < -0.3 is 10.1 Å². The second-order valence-corrected chi connectivity index (χ2v) is 5.91. The van der Waals surface area contributed by atoms with Gasteiger partial charge in [-0.25, -0.2) is 4.79 Å². The molecule has 1 aliphatic rings. The molecule has 2 atom stereocenters. The third kappa shape index (κ3) is 3.59. The third-order valence-corrected chi connectivity index (χ3v) is 4.14. The van der Waals surface area contributed by atoms with Crippen LogP contribution in [0.1, 0.15) is 18.9 Å². The molecule has 3 rings (SSSR count). The molecule has 4 heteroatoms. The first-order valence-corrected chi connectivity index (χ1v) is 7.74. The molecule has 1 aliphatic carbocycles. The van der Waals surface area contributed by atoms with E-state index in [9.17, 15) is 9.59 Å². The van der Waals surface area contributed by atoms with E-state index in [-0.39, 0.29) is 24.3 Å². The van der Waals surface area contributed by atoms with Crippen LogP contribution in [0.4, 0.5) is 4.79 Å². The molecule has 23 heavy (non-hydrogen) atoms. The minimum absolute atomic E-state index is 0.0710. The largest absolute Gasteiger partial charge is 0.445 e. The van der Waals surface area contributed by atoms with E-state index in [0.717, 1.165) is 16.7 Å². The van der Waals surface area contributed by atoms with Gasteiger partial charge >= 0.3 is 6.09 Å². The number of carbonyl (C=O) groups is 2. The van der Waals surface area contributed by atoms with Crippen LogP contribution in [-0.2, 0) is 16.1 Å². The highest BCUT2D eigenvalue weighted by Crippen LogP contribution is 2.23. The zero-order valence-electron chi connectivity index (χ0n) is 13.0. The number of benzene rings is 2. The topological polar surface area (TPSA) is 55.4 Å². The Morgan fingerprint density at radius 1 is 1.09 bits per heavy atom. The number of carbonyl (C=O) groups excluding carboxylic acids is 2. The van der Waals surface area contributed by atoms with E-state index in [1.807, 2.05) is 49.4 Å². The number of amides is 1. The van der Waals surface area contributed by atoms with Crippen molar-refractivity contribution in [3.8, 4) is 11.1 Å². The lowest BCUT2D eigenvalue weighted by molar-refractivity contribution is -0.129. The van der Waals surface area contributed by atoms with Gasteiger partial charge in [-0.1, -0.05) is 61.5 Å². The molecule has 1 fully saturated rings. The Bertz CT molecular complexity index is 694. The molecular formula is C19H19NO3. The highest BCUT2D eigenvalue weighted by atomic mass is 16.5. The quantitative estimate of drug-likeness (QED) is 0.939. The molecule has 4 nitrogen and oxygen atoms in total. The Labute approximate surface area is 135 Å². The van der Waals surface area contributed by atoms with Crippen molar-refractivity contribution in [2.24, 2.45) is 5.92 Å². The van der Waals surface area contributed by atoms with Crippen molar-refractivity contribution in [2.45, 2.75) is 26.0 Å². The first kappa shape index (κ1) is 15.3. The molecule has 2 aromatic carbocycles. The van der Waals surface area contributed by atoms with Crippen molar-refractivity contribution in [2.75, 3.05) is 0 Å². The molecule has 118 valence electrons. The summed E-state index contributed by atoms with van der Waals surface area (Å²) in [5, 5.41) is 2.61. The average Bonchev–Trinajstić information content (AvgIpc) is 2.59. The smallest absolute Gasteiger partial charge is 0.408 e. The molecule has 0 aromatic heterocycles. The van der Waals surface area contributed by atoms with Crippen molar-refractivity contribution in [3.05, 3.63) is 60.2 Å². The van der Waals surface area contributed by atoms with Crippen LogP contribution in [0.2, 0.25) is 0 Å². The maximum absolute atomic E-state index is 11.7. The summed E-state index contributed by atoms with van der Waals surface area (Å²) < 4.78 is 5.17. The lowest BCUT2D eigenvalue weighted by Crippen LogP contribution is -2.53. The average molecular weight is 309 g/mol. The van der Waals surface area contributed by atoms with Gasteiger partial charge in [-0.05, 0) is 22.6 Å². The molecule has 0 radical (unpaired) electrons. The zero-order chi connectivity index (χ0) is 16.2. The number of hydrogen-bond acceptors (Lipinski definition) is 3. The molecule has 0 heterocycles. The minimum atomic E-state index is -0.540. The lowest BCUT2D eigenvalue weighted by atomic mass is 9.80. The number of alkyl carbamates (subject to hydrolysis) is 1. The summed E-state index contributed by atoms with van der Waals surface area (Å²) in [4.78, 5) is 23.1. The molecule has 0 aliphatic heterocycles. The number of Topliss-reactive ketones (excluding diaryl/α,β-unsaturated/α-hetero) is 1. The van der Waals surface area contributed by atoms with E-state index in [1.165, 1.54) is 0 Å². The fourth-order valence-electron chi connectivity index (χ4n) is 2.68. The zero-order valence-corrected chi connectivity index (χ0v) is 13.0. The molecule has 1 amide bonds. The normalized spacial score (nSPS) is 19.8. The monoisotopic (exact) mass is 309 g/mol. The van der Waals surface area contributed by atoms with E-state index in [1.54, 1.807) is 0 Å². The van der Waals surface area contributed by atoms with E-state index >= 15 is 0 Å². The highest BCUT2D eigenvalue weighted by molar-refractivity contribution is 5.93. The van der Waals surface area contributed by atoms with Crippen LogP contribution >= 0.6 is 0 Å². The van der Waals surface area contributed by atoms with Crippen LogP contribution in [0.25, 0.3) is 11.1 Å². The van der Waals surface area contributed by atoms with Gasteiger partial charge in [-0.15, -0.1) is 0 Å². The fraction of sp³-hybridized carbons (Fsp3) is 0.263. The summed E-state index contributed by atoms with van der Waals surface area (Å²) in [6.45, 7) is 2.13. The summed E-state index contributed by atoms with van der Waals surface area (Å²) >= 11 is 0. The van der Waals surface area contributed by atoms with E-state index in [4.69, 9.17) is 4.74 Å². The van der Waals surface area contributed by atoms with Crippen LogP contribution < -0.4 is 5.32 Å². The molecule has 0 spiro atoms. The molecule has 1 N–H and O–H groups in total. The van der Waals surface area contributed by atoms with Gasteiger partial charge in [0.1, 0.15) is 6.61 Å². The van der Waals surface area contributed by atoms with E-state index < -0.39 is 6.09 Å². The van der Waals surface area contributed by atoms with Crippen molar-refractivity contribution in [3.63, 3.8) is 0 Å². The number of hydrogen-bond donors (Lipinski definition) is 1. The van der Waals surface area contributed by atoms with Gasteiger partial charge in [-0.2, -0.15) is 0 Å². The number of ether oxygens (including phenoxy) is 1.